The Hall–Kier alpha value is -1.40. The van der Waals surface area contributed by atoms with Crippen molar-refractivity contribution in [3.05, 3.63) is 35.9 Å². The molecular formula is C11H10F3NO2. The fourth-order valence-electron chi connectivity index (χ4n) is 1.73. The van der Waals surface area contributed by atoms with E-state index in [9.17, 15) is 18.0 Å². The highest BCUT2D eigenvalue weighted by Gasteiger charge is 2.74. The van der Waals surface area contributed by atoms with Gasteiger partial charge in [-0.2, -0.15) is 13.2 Å². The molecule has 1 heterocycles. The van der Waals surface area contributed by atoms with Crippen LogP contribution in [0.3, 0.4) is 0 Å². The molecule has 1 aliphatic rings. The lowest BCUT2D eigenvalue weighted by Crippen LogP contribution is -2.40. The zero-order chi connectivity index (χ0) is 12.7. The molecule has 2 rings (SSSR count). The number of halogens is 3. The lowest BCUT2D eigenvalue weighted by atomic mass is 10.1. The average molecular weight is 245 g/mol. The Morgan fingerprint density at radius 2 is 1.94 bits per heavy atom. The predicted octanol–water partition coefficient (Wildman–Crippen LogP) is 1.75. The first-order valence-corrected chi connectivity index (χ1v) is 4.91. The largest absolute Gasteiger partial charge is 0.433 e. The van der Waals surface area contributed by atoms with Crippen molar-refractivity contribution in [1.82, 2.24) is 5.32 Å². The van der Waals surface area contributed by atoms with Gasteiger partial charge in [0, 0.05) is 12.7 Å². The van der Waals surface area contributed by atoms with Gasteiger partial charge in [-0.05, 0) is 0 Å². The molecule has 6 heteroatoms. The number of alkyl halides is 3. The van der Waals surface area contributed by atoms with E-state index >= 15 is 0 Å². The quantitative estimate of drug-likeness (QED) is 0.652. The predicted molar refractivity (Wildman–Crippen MR) is 53.5 cm³/mol. The third kappa shape index (κ3) is 1.83. The molecule has 1 fully saturated rings. The van der Waals surface area contributed by atoms with Crippen molar-refractivity contribution in [3.8, 4) is 0 Å². The fraction of sp³-hybridized carbons (Fsp3) is 0.364. The van der Waals surface area contributed by atoms with Crippen LogP contribution in [0.5, 0.6) is 0 Å². The lowest BCUT2D eigenvalue weighted by Gasteiger charge is -2.16. The molecule has 0 amide bonds. The molecule has 0 spiro atoms. The summed E-state index contributed by atoms with van der Waals surface area (Å²) in [6.07, 6.45) is -4.61. The first-order valence-electron chi connectivity index (χ1n) is 4.91. The molecule has 0 saturated carbocycles. The van der Waals surface area contributed by atoms with Crippen LogP contribution >= 0.6 is 0 Å². The van der Waals surface area contributed by atoms with Gasteiger partial charge >= 0.3 is 6.18 Å². The molecular weight excluding hydrogens is 235 g/mol. The van der Waals surface area contributed by atoms with Crippen LogP contribution in [-0.2, 0) is 4.74 Å². The van der Waals surface area contributed by atoms with E-state index in [1.807, 2.05) is 0 Å². The zero-order valence-electron chi connectivity index (χ0n) is 8.91. The maximum Gasteiger partial charge on any atom is 0.433 e. The van der Waals surface area contributed by atoms with Gasteiger partial charge in [0.1, 0.15) is 6.04 Å². The van der Waals surface area contributed by atoms with E-state index in [4.69, 9.17) is 0 Å². The van der Waals surface area contributed by atoms with Gasteiger partial charge in [0.25, 0.3) is 0 Å². The summed E-state index contributed by atoms with van der Waals surface area (Å²) >= 11 is 0. The number of nitrogens with one attached hydrogen (secondary N) is 1. The molecule has 1 aromatic carbocycles. The first kappa shape index (κ1) is 12.1. The Morgan fingerprint density at radius 3 is 2.35 bits per heavy atom. The molecule has 92 valence electrons. The molecule has 0 radical (unpaired) electrons. The number of hydrogen-bond acceptors (Lipinski definition) is 3. The maximum atomic E-state index is 12.7. The number of ketones is 1. The highest BCUT2D eigenvalue weighted by molar-refractivity contribution is 6.03. The molecule has 2 atom stereocenters. The number of carbonyl (C=O) groups excluding carboxylic acids is 1. The molecule has 17 heavy (non-hydrogen) atoms. The molecule has 0 unspecified atom stereocenters. The van der Waals surface area contributed by atoms with Crippen LogP contribution in [0, 0.1) is 0 Å². The molecule has 0 aliphatic carbocycles. The van der Waals surface area contributed by atoms with Gasteiger partial charge in [-0.3, -0.25) is 10.1 Å². The summed E-state index contributed by atoms with van der Waals surface area (Å²) < 4.78 is 42.5. The van der Waals surface area contributed by atoms with E-state index in [1.54, 1.807) is 18.2 Å². The van der Waals surface area contributed by atoms with Crippen LogP contribution in [0.4, 0.5) is 13.2 Å². The van der Waals surface area contributed by atoms with Crippen molar-refractivity contribution in [2.24, 2.45) is 0 Å². The summed E-state index contributed by atoms with van der Waals surface area (Å²) in [4.78, 5) is 11.8. The van der Waals surface area contributed by atoms with Crippen LogP contribution in [0.15, 0.2) is 30.3 Å². The molecule has 1 aliphatic heterocycles. The van der Waals surface area contributed by atoms with E-state index in [2.05, 4.69) is 10.1 Å². The number of carbonyl (C=O) groups is 1. The summed E-state index contributed by atoms with van der Waals surface area (Å²) in [5, 5.41) is 2.07. The van der Waals surface area contributed by atoms with Gasteiger partial charge in [0.05, 0.1) is 0 Å². The van der Waals surface area contributed by atoms with E-state index in [0.29, 0.717) is 0 Å². The average Bonchev–Trinajstić information content (AvgIpc) is 3.04. The fourth-order valence-corrected chi connectivity index (χ4v) is 1.73. The van der Waals surface area contributed by atoms with Crippen LogP contribution in [-0.4, -0.2) is 30.8 Å². The van der Waals surface area contributed by atoms with Crippen LogP contribution in [0.2, 0.25) is 0 Å². The Bertz CT molecular complexity index is 432. The lowest BCUT2D eigenvalue weighted by molar-refractivity contribution is -0.231. The van der Waals surface area contributed by atoms with Gasteiger partial charge in [-0.25, -0.2) is 0 Å². The summed E-state index contributed by atoms with van der Waals surface area (Å²) in [7, 11) is 0.929. The second-order valence-corrected chi connectivity index (χ2v) is 3.75. The maximum absolute atomic E-state index is 12.7. The van der Waals surface area contributed by atoms with Crippen LogP contribution < -0.4 is 5.32 Å². The van der Waals surface area contributed by atoms with Crippen molar-refractivity contribution in [2.45, 2.75) is 17.9 Å². The first-order chi connectivity index (χ1) is 7.92. The third-order valence-electron chi connectivity index (χ3n) is 2.75. The minimum Gasteiger partial charge on any atom is -0.354 e. The van der Waals surface area contributed by atoms with E-state index in [-0.39, 0.29) is 5.56 Å². The number of ether oxygens (including phenoxy) is 1. The Balaban J connectivity index is 2.21. The van der Waals surface area contributed by atoms with E-state index < -0.39 is 23.7 Å². The SMILES string of the molecule is CO[C@@]1(C(F)(F)F)N[C@@H]1C(=O)c1ccccc1. The highest BCUT2D eigenvalue weighted by Crippen LogP contribution is 2.44. The number of hydrogen-bond donors (Lipinski definition) is 1. The number of Topliss-reactive ketones (excluding diaryl/α,β-unsaturated/α-hetero) is 1. The normalized spacial score (nSPS) is 27.9. The number of methoxy groups -OCH3 is 1. The van der Waals surface area contributed by atoms with Crippen molar-refractivity contribution in [3.63, 3.8) is 0 Å². The minimum atomic E-state index is -4.61. The molecule has 1 aromatic rings. The van der Waals surface area contributed by atoms with Gasteiger partial charge in [0.2, 0.25) is 5.72 Å². The topological polar surface area (TPSA) is 48.2 Å². The minimum absolute atomic E-state index is 0.230. The number of benzene rings is 1. The second kappa shape index (κ2) is 3.82. The van der Waals surface area contributed by atoms with Crippen molar-refractivity contribution < 1.29 is 22.7 Å². The van der Waals surface area contributed by atoms with Gasteiger partial charge in [-0.15, -0.1) is 0 Å². The molecule has 1 N–H and O–H groups in total. The molecule has 0 aromatic heterocycles. The molecule has 1 saturated heterocycles. The molecule has 3 nitrogen and oxygen atoms in total. The summed E-state index contributed by atoms with van der Waals surface area (Å²) in [5.74, 6) is -0.621. The van der Waals surface area contributed by atoms with E-state index in [1.165, 1.54) is 12.1 Å². The number of rotatable bonds is 3. The monoisotopic (exact) mass is 245 g/mol. The molecule has 0 bridgehead atoms. The summed E-state index contributed by atoms with van der Waals surface area (Å²) in [6, 6.07) is 6.45. The summed E-state index contributed by atoms with van der Waals surface area (Å²) in [6.45, 7) is 0. The summed E-state index contributed by atoms with van der Waals surface area (Å²) in [5.41, 5.74) is -2.30. The second-order valence-electron chi connectivity index (χ2n) is 3.75. The smallest absolute Gasteiger partial charge is 0.354 e. The van der Waals surface area contributed by atoms with Crippen molar-refractivity contribution in [1.29, 1.82) is 0 Å². The van der Waals surface area contributed by atoms with Crippen LogP contribution in [0.1, 0.15) is 10.4 Å². The zero-order valence-corrected chi connectivity index (χ0v) is 8.91. The van der Waals surface area contributed by atoms with Crippen molar-refractivity contribution >= 4 is 5.78 Å². The van der Waals surface area contributed by atoms with Gasteiger partial charge in [-0.1, -0.05) is 30.3 Å². The Labute approximate surface area is 95.6 Å². The Morgan fingerprint density at radius 1 is 1.35 bits per heavy atom. The van der Waals surface area contributed by atoms with Crippen LogP contribution in [0.25, 0.3) is 0 Å². The third-order valence-corrected chi connectivity index (χ3v) is 2.75. The van der Waals surface area contributed by atoms with E-state index in [0.717, 1.165) is 7.11 Å². The Kier molecular flexibility index (Phi) is 2.71. The van der Waals surface area contributed by atoms with Crippen molar-refractivity contribution in [2.75, 3.05) is 7.11 Å². The standard InChI is InChI=1S/C11H10F3NO2/c1-17-10(11(12,13)14)9(15-10)8(16)7-5-3-2-4-6-7/h2-6,9,15H,1H3/t9-,10+/m1/s1. The van der Waals surface area contributed by atoms with Gasteiger partial charge in [0.15, 0.2) is 5.78 Å². The van der Waals surface area contributed by atoms with Gasteiger partial charge < -0.3 is 4.74 Å². The highest BCUT2D eigenvalue weighted by atomic mass is 19.4.